The van der Waals surface area contributed by atoms with Gasteiger partial charge in [-0.25, -0.2) is 4.98 Å². The molecule has 0 aliphatic carbocycles. The molecule has 0 atom stereocenters. The first-order valence-corrected chi connectivity index (χ1v) is 7.53. The van der Waals surface area contributed by atoms with Gasteiger partial charge in [0.1, 0.15) is 0 Å². The molecule has 0 bridgehead atoms. The summed E-state index contributed by atoms with van der Waals surface area (Å²) in [6.07, 6.45) is 2.47. The topological polar surface area (TPSA) is 64.0 Å². The molecular weight excluding hydrogens is 302 g/mol. The van der Waals surface area contributed by atoms with Crippen LogP contribution in [0.3, 0.4) is 0 Å². The van der Waals surface area contributed by atoms with Crippen molar-refractivity contribution in [1.82, 2.24) is 14.9 Å². The van der Waals surface area contributed by atoms with E-state index in [-0.39, 0.29) is 17.9 Å². The van der Waals surface area contributed by atoms with Gasteiger partial charge in [-0.2, -0.15) is 0 Å². The van der Waals surface area contributed by atoms with Gasteiger partial charge in [0.15, 0.2) is 0 Å². The highest BCUT2D eigenvalue weighted by atomic mass is 35.5. The average Bonchev–Trinajstić information content (AvgIpc) is 2.51. The number of carbonyl (C=O) groups is 1. The van der Waals surface area contributed by atoms with Crippen molar-refractivity contribution in [3.8, 4) is 0 Å². The van der Waals surface area contributed by atoms with E-state index in [1.165, 1.54) is 17.0 Å². The predicted molar refractivity (Wildman–Crippen MR) is 86.0 cm³/mol. The van der Waals surface area contributed by atoms with E-state index in [0.717, 1.165) is 17.7 Å². The Kier molecular flexibility index (Phi) is 5.72. The third kappa shape index (κ3) is 4.43. The molecule has 6 heteroatoms. The third-order valence-electron chi connectivity index (χ3n) is 3.28. The SMILES string of the molecule is CCc1cc(=O)n(CCNC(=O)Cc2ccccc2Cl)cn1. The zero-order valence-corrected chi connectivity index (χ0v) is 13.1. The summed E-state index contributed by atoms with van der Waals surface area (Å²) in [5.41, 5.74) is 1.45. The van der Waals surface area contributed by atoms with Crippen LogP contribution in [0, 0.1) is 0 Å². The molecule has 22 heavy (non-hydrogen) atoms. The molecule has 0 saturated heterocycles. The Morgan fingerprint density at radius 2 is 2.14 bits per heavy atom. The van der Waals surface area contributed by atoms with Gasteiger partial charge in [0.2, 0.25) is 5.91 Å². The van der Waals surface area contributed by atoms with Gasteiger partial charge >= 0.3 is 0 Å². The van der Waals surface area contributed by atoms with Crippen LogP contribution in [0.25, 0.3) is 0 Å². The number of hydrogen-bond acceptors (Lipinski definition) is 3. The third-order valence-corrected chi connectivity index (χ3v) is 3.65. The molecule has 1 amide bonds. The fourth-order valence-corrected chi connectivity index (χ4v) is 2.22. The zero-order valence-electron chi connectivity index (χ0n) is 12.4. The van der Waals surface area contributed by atoms with Gasteiger partial charge in [0.25, 0.3) is 5.56 Å². The molecule has 5 nitrogen and oxygen atoms in total. The summed E-state index contributed by atoms with van der Waals surface area (Å²) in [5, 5.41) is 3.35. The Balaban J connectivity index is 1.85. The van der Waals surface area contributed by atoms with Crippen LogP contribution in [-0.4, -0.2) is 22.0 Å². The van der Waals surface area contributed by atoms with E-state index in [1.54, 1.807) is 6.07 Å². The van der Waals surface area contributed by atoms with Crippen LogP contribution in [0.2, 0.25) is 5.02 Å². The fraction of sp³-hybridized carbons (Fsp3) is 0.312. The summed E-state index contributed by atoms with van der Waals surface area (Å²) < 4.78 is 1.48. The van der Waals surface area contributed by atoms with Crippen molar-refractivity contribution in [2.45, 2.75) is 26.3 Å². The molecule has 2 aromatic rings. The first-order chi connectivity index (χ1) is 10.6. The van der Waals surface area contributed by atoms with E-state index in [4.69, 9.17) is 11.6 Å². The van der Waals surface area contributed by atoms with Gasteiger partial charge < -0.3 is 5.32 Å². The molecule has 0 aliphatic rings. The monoisotopic (exact) mass is 319 g/mol. The Morgan fingerprint density at radius 3 is 2.82 bits per heavy atom. The number of hydrogen-bond donors (Lipinski definition) is 1. The molecule has 1 N–H and O–H groups in total. The molecule has 0 saturated carbocycles. The van der Waals surface area contributed by atoms with Crippen molar-refractivity contribution in [3.63, 3.8) is 0 Å². The van der Waals surface area contributed by atoms with Crippen LogP contribution in [0.1, 0.15) is 18.2 Å². The van der Waals surface area contributed by atoms with E-state index in [9.17, 15) is 9.59 Å². The fourth-order valence-electron chi connectivity index (χ4n) is 2.02. The van der Waals surface area contributed by atoms with Crippen molar-refractivity contribution in [2.75, 3.05) is 6.54 Å². The molecule has 1 heterocycles. The molecule has 116 valence electrons. The van der Waals surface area contributed by atoms with E-state index in [1.807, 2.05) is 25.1 Å². The summed E-state index contributed by atoms with van der Waals surface area (Å²) in [7, 11) is 0. The second kappa shape index (κ2) is 7.75. The minimum Gasteiger partial charge on any atom is -0.354 e. The Labute approximate surface area is 134 Å². The lowest BCUT2D eigenvalue weighted by molar-refractivity contribution is -0.120. The Hall–Kier alpha value is -2.14. The number of halogens is 1. The quantitative estimate of drug-likeness (QED) is 0.883. The zero-order chi connectivity index (χ0) is 15.9. The van der Waals surface area contributed by atoms with Crippen LogP contribution in [0.4, 0.5) is 0 Å². The van der Waals surface area contributed by atoms with Gasteiger partial charge in [0, 0.05) is 29.9 Å². The highest BCUT2D eigenvalue weighted by molar-refractivity contribution is 6.31. The van der Waals surface area contributed by atoms with E-state index in [0.29, 0.717) is 18.1 Å². The summed E-state index contributed by atoms with van der Waals surface area (Å²) in [6.45, 7) is 2.71. The normalized spacial score (nSPS) is 10.5. The Bertz CT molecular complexity index is 713. The predicted octanol–water partition coefficient (Wildman–Crippen LogP) is 1.82. The Morgan fingerprint density at radius 1 is 1.36 bits per heavy atom. The molecule has 1 aromatic carbocycles. The maximum atomic E-state index is 11.9. The highest BCUT2D eigenvalue weighted by Gasteiger charge is 2.06. The van der Waals surface area contributed by atoms with Gasteiger partial charge in [-0.15, -0.1) is 0 Å². The van der Waals surface area contributed by atoms with Gasteiger partial charge in [-0.05, 0) is 18.1 Å². The number of rotatable bonds is 6. The van der Waals surface area contributed by atoms with Crippen molar-refractivity contribution >= 4 is 17.5 Å². The number of amides is 1. The van der Waals surface area contributed by atoms with E-state index < -0.39 is 0 Å². The van der Waals surface area contributed by atoms with Crippen LogP contribution < -0.4 is 10.9 Å². The number of nitrogens with one attached hydrogen (secondary N) is 1. The summed E-state index contributed by atoms with van der Waals surface area (Å²) in [6, 6.07) is 8.76. The number of aromatic nitrogens is 2. The molecule has 0 radical (unpaired) electrons. The average molecular weight is 320 g/mol. The maximum Gasteiger partial charge on any atom is 0.253 e. The number of nitrogens with zero attached hydrogens (tertiary/aromatic N) is 2. The minimum atomic E-state index is -0.126. The maximum absolute atomic E-state index is 11.9. The highest BCUT2D eigenvalue weighted by Crippen LogP contribution is 2.15. The van der Waals surface area contributed by atoms with Crippen molar-refractivity contribution in [1.29, 1.82) is 0 Å². The van der Waals surface area contributed by atoms with Crippen molar-refractivity contribution in [2.24, 2.45) is 0 Å². The standard InChI is InChI=1S/C16H18ClN3O2/c1-2-13-10-16(22)20(11-19-13)8-7-18-15(21)9-12-5-3-4-6-14(12)17/h3-6,10-11H,2,7-9H2,1H3,(H,18,21). The van der Waals surface area contributed by atoms with Crippen molar-refractivity contribution in [3.05, 3.63) is 63.3 Å². The molecule has 2 rings (SSSR count). The van der Waals surface area contributed by atoms with E-state index in [2.05, 4.69) is 10.3 Å². The summed E-state index contributed by atoms with van der Waals surface area (Å²) >= 11 is 6.01. The number of aryl methyl sites for hydroxylation is 1. The number of benzene rings is 1. The van der Waals surface area contributed by atoms with Gasteiger partial charge in [0.05, 0.1) is 12.7 Å². The van der Waals surface area contributed by atoms with Crippen LogP contribution in [-0.2, 0) is 24.2 Å². The van der Waals surface area contributed by atoms with Crippen LogP contribution in [0.15, 0.2) is 41.5 Å². The van der Waals surface area contributed by atoms with Crippen LogP contribution >= 0.6 is 11.6 Å². The lowest BCUT2D eigenvalue weighted by Gasteiger charge is -2.08. The molecule has 1 aromatic heterocycles. The molecule has 0 spiro atoms. The largest absolute Gasteiger partial charge is 0.354 e. The molecular formula is C16H18ClN3O2. The van der Waals surface area contributed by atoms with Gasteiger partial charge in [-0.1, -0.05) is 36.7 Å². The lowest BCUT2D eigenvalue weighted by atomic mass is 10.1. The second-order valence-corrected chi connectivity index (χ2v) is 5.29. The molecule has 0 unspecified atom stereocenters. The minimum absolute atomic E-state index is 0.104. The van der Waals surface area contributed by atoms with Crippen LogP contribution in [0.5, 0.6) is 0 Å². The number of carbonyl (C=O) groups excluding carboxylic acids is 1. The van der Waals surface area contributed by atoms with Crippen molar-refractivity contribution < 1.29 is 4.79 Å². The first-order valence-electron chi connectivity index (χ1n) is 7.15. The smallest absolute Gasteiger partial charge is 0.253 e. The van der Waals surface area contributed by atoms with Gasteiger partial charge in [-0.3, -0.25) is 14.2 Å². The molecule has 0 fully saturated rings. The summed E-state index contributed by atoms with van der Waals surface area (Å²) in [5.74, 6) is -0.126. The lowest BCUT2D eigenvalue weighted by Crippen LogP contribution is -2.31. The molecule has 0 aliphatic heterocycles. The van der Waals surface area contributed by atoms with E-state index >= 15 is 0 Å². The first kappa shape index (κ1) is 16.2. The second-order valence-electron chi connectivity index (χ2n) is 4.88. The summed E-state index contributed by atoms with van der Waals surface area (Å²) in [4.78, 5) is 27.8.